The van der Waals surface area contributed by atoms with Crippen LogP contribution in [0.15, 0.2) is 42.5 Å². The molecule has 0 spiro atoms. The third kappa shape index (κ3) is 5.37. The maximum atomic E-state index is 12.0. The lowest BCUT2D eigenvalue weighted by molar-refractivity contribution is -0.121. The van der Waals surface area contributed by atoms with Crippen molar-refractivity contribution in [3.8, 4) is 17.2 Å². The van der Waals surface area contributed by atoms with E-state index in [-0.39, 0.29) is 18.4 Å². The number of hydrogen-bond acceptors (Lipinski definition) is 5. The summed E-state index contributed by atoms with van der Waals surface area (Å²) in [6.07, 6.45) is 0.935. The molecule has 27 heavy (non-hydrogen) atoms. The number of amides is 2. The van der Waals surface area contributed by atoms with Crippen LogP contribution in [0.5, 0.6) is 17.2 Å². The van der Waals surface area contributed by atoms with Gasteiger partial charge in [-0.25, -0.2) is 0 Å². The summed E-state index contributed by atoms with van der Waals surface area (Å²) in [6, 6.07) is 12.8. The number of anilines is 1. The molecule has 1 heterocycles. The number of fused-ring (bicyclic) bond motifs is 1. The summed E-state index contributed by atoms with van der Waals surface area (Å²) in [6.45, 7) is 0.854. The van der Waals surface area contributed by atoms with E-state index >= 15 is 0 Å². The lowest BCUT2D eigenvalue weighted by atomic mass is 10.1. The van der Waals surface area contributed by atoms with Gasteiger partial charge < -0.3 is 24.8 Å². The van der Waals surface area contributed by atoms with Crippen LogP contribution in [0.25, 0.3) is 0 Å². The minimum absolute atomic E-state index is 0.0351. The summed E-state index contributed by atoms with van der Waals surface area (Å²) in [5.74, 6) is 1.92. The fraction of sp³-hybridized carbons (Fsp3) is 0.300. The molecule has 0 radical (unpaired) electrons. The third-order valence-corrected chi connectivity index (χ3v) is 4.07. The lowest BCUT2D eigenvalue weighted by Gasteiger charge is -2.18. The number of nitrogens with one attached hydrogen (secondary N) is 2. The first-order chi connectivity index (χ1) is 13.1. The van der Waals surface area contributed by atoms with E-state index in [4.69, 9.17) is 14.2 Å². The van der Waals surface area contributed by atoms with Crippen molar-refractivity contribution in [2.24, 2.45) is 0 Å². The van der Waals surface area contributed by atoms with E-state index in [0.29, 0.717) is 37.4 Å². The van der Waals surface area contributed by atoms with Gasteiger partial charge in [-0.2, -0.15) is 0 Å². The first-order valence-corrected chi connectivity index (χ1v) is 8.73. The van der Waals surface area contributed by atoms with Crippen LogP contribution in [-0.2, 0) is 16.0 Å². The first-order valence-electron chi connectivity index (χ1n) is 8.73. The second-order valence-electron chi connectivity index (χ2n) is 6.04. The van der Waals surface area contributed by atoms with Crippen LogP contribution in [0.3, 0.4) is 0 Å². The minimum Gasteiger partial charge on any atom is -0.497 e. The van der Waals surface area contributed by atoms with Crippen LogP contribution < -0.4 is 24.8 Å². The van der Waals surface area contributed by atoms with Gasteiger partial charge in [-0.15, -0.1) is 0 Å². The van der Waals surface area contributed by atoms with E-state index in [1.807, 2.05) is 42.5 Å². The fourth-order valence-corrected chi connectivity index (χ4v) is 2.66. The van der Waals surface area contributed by atoms with E-state index in [1.54, 1.807) is 7.11 Å². The van der Waals surface area contributed by atoms with Gasteiger partial charge in [0.05, 0.1) is 19.3 Å². The maximum absolute atomic E-state index is 12.0. The van der Waals surface area contributed by atoms with Gasteiger partial charge in [-0.05, 0) is 48.4 Å². The summed E-state index contributed by atoms with van der Waals surface area (Å²) < 4.78 is 16.0. The highest BCUT2D eigenvalue weighted by atomic mass is 16.5. The van der Waals surface area contributed by atoms with E-state index in [9.17, 15) is 9.59 Å². The van der Waals surface area contributed by atoms with Crippen LogP contribution >= 0.6 is 0 Å². The zero-order valence-corrected chi connectivity index (χ0v) is 15.1. The number of carbonyl (C=O) groups excluding carboxylic acids is 2. The van der Waals surface area contributed by atoms with Gasteiger partial charge in [-0.3, -0.25) is 9.59 Å². The molecule has 0 saturated carbocycles. The van der Waals surface area contributed by atoms with Crippen molar-refractivity contribution in [1.82, 2.24) is 5.32 Å². The van der Waals surface area contributed by atoms with Gasteiger partial charge in [0.1, 0.15) is 23.9 Å². The average molecular weight is 370 g/mol. The van der Waals surface area contributed by atoms with Crippen LogP contribution in [0.4, 0.5) is 5.69 Å². The van der Waals surface area contributed by atoms with Crippen molar-refractivity contribution in [3.63, 3.8) is 0 Å². The molecule has 0 aromatic heterocycles. The predicted octanol–water partition coefficient (Wildman–Crippen LogP) is 2.15. The summed E-state index contributed by atoms with van der Waals surface area (Å²) in [5.41, 5.74) is 1.61. The Morgan fingerprint density at radius 2 is 1.96 bits per heavy atom. The van der Waals surface area contributed by atoms with Crippen molar-refractivity contribution in [1.29, 1.82) is 0 Å². The van der Waals surface area contributed by atoms with Crippen LogP contribution in [0.1, 0.15) is 12.0 Å². The number of carbonyl (C=O) groups is 2. The number of hydrogen-bond donors (Lipinski definition) is 2. The summed E-state index contributed by atoms with van der Waals surface area (Å²) >= 11 is 0. The molecule has 0 bridgehead atoms. The molecule has 1 aliphatic heterocycles. The quantitative estimate of drug-likeness (QED) is 0.696. The lowest BCUT2D eigenvalue weighted by Crippen LogP contribution is -2.28. The smallest absolute Gasteiger partial charge is 0.262 e. The molecule has 0 saturated heterocycles. The maximum Gasteiger partial charge on any atom is 0.262 e. The number of ether oxygens (including phenoxy) is 3. The zero-order valence-electron chi connectivity index (χ0n) is 15.1. The molecule has 142 valence electrons. The zero-order chi connectivity index (χ0) is 19.1. The highest BCUT2D eigenvalue weighted by molar-refractivity contribution is 5.95. The molecule has 0 fully saturated rings. The second-order valence-corrected chi connectivity index (χ2v) is 6.04. The predicted molar refractivity (Wildman–Crippen MR) is 100 cm³/mol. The van der Waals surface area contributed by atoms with Gasteiger partial charge in [0.25, 0.3) is 5.91 Å². The van der Waals surface area contributed by atoms with Gasteiger partial charge in [0, 0.05) is 6.42 Å². The van der Waals surface area contributed by atoms with Crippen molar-refractivity contribution in [3.05, 3.63) is 48.0 Å². The first kappa shape index (κ1) is 18.6. The summed E-state index contributed by atoms with van der Waals surface area (Å²) in [5, 5.41) is 5.60. The molecule has 2 N–H and O–H groups in total. The minimum atomic E-state index is -0.172. The van der Waals surface area contributed by atoms with E-state index in [0.717, 1.165) is 17.1 Å². The van der Waals surface area contributed by atoms with Crippen LogP contribution in [-0.4, -0.2) is 38.7 Å². The average Bonchev–Trinajstić information content (AvgIpc) is 2.69. The Kier molecular flexibility index (Phi) is 6.14. The summed E-state index contributed by atoms with van der Waals surface area (Å²) in [7, 11) is 1.61. The van der Waals surface area contributed by atoms with Crippen molar-refractivity contribution < 1.29 is 23.8 Å². The Morgan fingerprint density at radius 3 is 2.74 bits per heavy atom. The topological polar surface area (TPSA) is 85.9 Å². The van der Waals surface area contributed by atoms with Crippen LogP contribution in [0, 0.1) is 0 Å². The Bertz CT molecular complexity index is 805. The van der Waals surface area contributed by atoms with E-state index < -0.39 is 0 Å². The summed E-state index contributed by atoms with van der Waals surface area (Å²) in [4.78, 5) is 23.3. The molecule has 2 amide bonds. The standard InChI is InChI=1S/C20H22N2O5/c1-25-15-4-6-16(7-5-15)26-11-10-21-19(23)9-3-14-2-8-18-17(12-14)22-20(24)13-27-18/h2,4-8,12H,3,9-11,13H2,1H3,(H,21,23)(H,22,24). The van der Waals surface area contributed by atoms with Crippen molar-refractivity contribution in [2.45, 2.75) is 12.8 Å². The highest BCUT2D eigenvalue weighted by Crippen LogP contribution is 2.28. The molecule has 2 aromatic rings. The highest BCUT2D eigenvalue weighted by Gasteiger charge is 2.16. The van der Waals surface area contributed by atoms with Crippen molar-refractivity contribution in [2.75, 3.05) is 32.2 Å². The van der Waals surface area contributed by atoms with Gasteiger partial charge >= 0.3 is 0 Å². The Hall–Kier alpha value is -3.22. The Balaban J connectivity index is 1.37. The molecule has 2 aromatic carbocycles. The molecule has 0 atom stereocenters. The number of methoxy groups -OCH3 is 1. The normalized spacial score (nSPS) is 12.4. The van der Waals surface area contributed by atoms with E-state index in [2.05, 4.69) is 10.6 Å². The van der Waals surface area contributed by atoms with Gasteiger partial charge in [-0.1, -0.05) is 6.07 Å². The Labute approximate surface area is 157 Å². The molecule has 0 unspecified atom stereocenters. The molecule has 1 aliphatic rings. The molecule has 7 nitrogen and oxygen atoms in total. The van der Waals surface area contributed by atoms with Gasteiger partial charge in [0.2, 0.25) is 5.91 Å². The molecule has 0 aliphatic carbocycles. The van der Waals surface area contributed by atoms with E-state index in [1.165, 1.54) is 0 Å². The number of rotatable bonds is 8. The molecular formula is C20H22N2O5. The third-order valence-electron chi connectivity index (χ3n) is 4.07. The second kappa shape index (κ2) is 8.93. The van der Waals surface area contributed by atoms with Crippen LogP contribution in [0.2, 0.25) is 0 Å². The van der Waals surface area contributed by atoms with Gasteiger partial charge in [0.15, 0.2) is 6.61 Å². The SMILES string of the molecule is COc1ccc(OCCNC(=O)CCc2ccc3c(c2)NC(=O)CO3)cc1. The molecular weight excluding hydrogens is 348 g/mol. The fourth-order valence-electron chi connectivity index (χ4n) is 2.66. The number of aryl methyl sites for hydroxylation is 1. The number of benzene rings is 2. The largest absolute Gasteiger partial charge is 0.497 e. The molecule has 7 heteroatoms. The molecule has 3 rings (SSSR count). The monoisotopic (exact) mass is 370 g/mol. The Morgan fingerprint density at radius 1 is 1.19 bits per heavy atom. The van der Waals surface area contributed by atoms with Crippen molar-refractivity contribution >= 4 is 17.5 Å².